The molecule has 0 bridgehead atoms. The van der Waals surface area contributed by atoms with Gasteiger partial charge in [0.1, 0.15) is 0 Å². The SMILES string of the molecule is CCCCCCCCC=CCCCCCCCCCC(O)(O)NC. The maximum absolute atomic E-state index is 9.39. The molecule has 0 aliphatic carbocycles. The minimum atomic E-state index is -1.68. The fourth-order valence-electron chi connectivity index (χ4n) is 2.92. The van der Waals surface area contributed by atoms with Gasteiger partial charge in [-0.1, -0.05) is 83.3 Å². The summed E-state index contributed by atoms with van der Waals surface area (Å²) in [6, 6.07) is 0. The average molecular weight is 342 g/mol. The second-order valence-electron chi connectivity index (χ2n) is 7.11. The number of hydrogen-bond donors (Lipinski definition) is 3. The lowest BCUT2D eigenvalue weighted by atomic mass is 10.1. The first-order chi connectivity index (χ1) is 11.6. The van der Waals surface area contributed by atoms with Crippen LogP contribution in [0.15, 0.2) is 12.2 Å². The molecule has 0 aromatic heterocycles. The maximum atomic E-state index is 9.39. The molecule has 0 saturated heterocycles. The van der Waals surface area contributed by atoms with E-state index in [1.165, 1.54) is 83.5 Å². The van der Waals surface area contributed by atoms with Crippen LogP contribution >= 0.6 is 0 Å². The molecule has 0 heterocycles. The van der Waals surface area contributed by atoms with Crippen molar-refractivity contribution in [3.8, 4) is 0 Å². The Morgan fingerprint density at radius 3 is 1.54 bits per heavy atom. The Morgan fingerprint density at radius 2 is 1.08 bits per heavy atom. The fraction of sp³-hybridized carbons (Fsp3) is 0.905. The molecule has 0 spiro atoms. The van der Waals surface area contributed by atoms with Crippen LogP contribution in [0.25, 0.3) is 0 Å². The van der Waals surface area contributed by atoms with Crippen molar-refractivity contribution in [2.45, 2.75) is 116 Å². The summed E-state index contributed by atoms with van der Waals surface area (Å²) >= 11 is 0. The smallest absolute Gasteiger partial charge is 0.222 e. The quantitative estimate of drug-likeness (QED) is 0.171. The number of unbranched alkanes of at least 4 members (excludes halogenated alkanes) is 13. The summed E-state index contributed by atoms with van der Waals surface area (Å²) in [7, 11) is 1.57. The Hall–Kier alpha value is -0.380. The van der Waals surface area contributed by atoms with Gasteiger partial charge >= 0.3 is 0 Å². The first-order valence-electron chi connectivity index (χ1n) is 10.4. The highest BCUT2D eigenvalue weighted by Gasteiger charge is 2.18. The fourth-order valence-corrected chi connectivity index (χ4v) is 2.92. The summed E-state index contributed by atoms with van der Waals surface area (Å²) in [5.41, 5.74) is 0. The monoisotopic (exact) mass is 341 g/mol. The third kappa shape index (κ3) is 18.0. The van der Waals surface area contributed by atoms with Crippen LogP contribution < -0.4 is 5.32 Å². The summed E-state index contributed by atoms with van der Waals surface area (Å²) in [6.07, 6.45) is 24.3. The Bertz CT molecular complexity index is 277. The van der Waals surface area contributed by atoms with E-state index in [0.717, 1.165) is 12.8 Å². The summed E-state index contributed by atoms with van der Waals surface area (Å²) in [5, 5.41) is 21.3. The van der Waals surface area contributed by atoms with Gasteiger partial charge in [0.25, 0.3) is 0 Å². The Morgan fingerprint density at radius 1 is 0.667 bits per heavy atom. The van der Waals surface area contributed by atoms with Gasteiger partial charge in [0.2, 0.25) is 5.91 Å². The van der Waals surface area contributed by atoms with E-state index in [9.17, 15) is 10.2 Å². The van der Waals surface area contributed by atoms with Gasteiger partial charge in [-0.05, 0) is 39.2 Å². The van der Waals surface area contributed by atoms with E-state index in [2.05, 4.69) is 24.4 Å². The molecule has 0 rings (SSSR count). The van der Waals surface area contributed by atoms with Crippen molar-refractivity contribution in [2.24, 2.45) is 0 Å². The van der Waals surface area contributed by atoms with Gasteiger partial charge in [0.05, 0.1) is 0 Å². The predicted molar refractivity (Wildman–Crippen MR) is 105 cm³/mol. The van der Waals surface area contributed by atoms with Crippen LogP contribution in [0.3, 0.4) is 0 Å². The molecule has 0 unspecified atom stereocenters. The van der Waals surface area contributed by atoms with Gasteiger partial charge in [-0.2, -0.15) is 0 Å². The highest BCUT2D eigenvalue weighted by molar-refractivity contribution is 4.81. The molecule has 144 valence electrons. The van der Waals surface area contributed by atoms with Crippen molar-refractivity contribution in [3.63, 3.8) is 0 Å². The van der Waals surface area contributed by atoms with Crippen LogP contribution in [0.5, 0.6) is 0 Å². The molecule has 3 N–H and O–H groups in total. The lowest BCUT2D eigenvalue weighted by Crippen LogP contribution is -2.42. The molecule has 0 radical (unpaired) electrons. The average Bonchev–Trinajstić information content (AvgIpc) is 2.57. The van der Waals surface area contributed by atoms with Gasteiger partial charge in [-0.15, -0.1) is 0 Å². The van der Waals surface area contributed by atoms with E-state index in [1.807, 2.05) is 0 Å². The summed E-state index contributed by atoms with van der Waals surface area (Å²) in [6.45, 7) is 2.27. The number of aliphatic hydroxyl groups is 2. The molecule has 3 nitrogen and oxygen atoms in total. The lowest BCUT2D eigenvalue weighted by Gasteiger charge is -2.20. The molecule has 0 aromatic carbocycles. The predicted octanol–water partition coefficient (Wildman–Crippen LogP) is 5.66. The maximum Gasteiger partial charge on any atom is 0.222 e. The van der Waals surface area contributed by atoms with Gasteiger partial charge in [-0.25, -0.2) is 0 Å². The van der Waals surface area contributed by atoms with Crippen LogP contribution in [0.1, 0.15) is 110 Å². The van der Waals surface area contributed by atoms with Crippen LogP contribution in [-0.4, -0.2) is 23.2 Å². The van der Waals surface area contributed by atoms with Crippen LogP contribution in [-0.2, 0) is 0 Å². The van der Waals surface area contributed by atoms with Crippen molar-refractivity contribution in [3.05, 3.63) is 12.2 Å². The molecule has 0 aliphatic rings. The van der Waals surface area contributed by atoms with Gasteiger partial charge in [0.15, 0.2) is 0 Å². The molecular weight excluding hydrogens is 298 g/mol. The van der Waals surface area contributed by atoms with Gasteiger partial charge < -0.3 is 10.2 Å². The zero-order valence-corrected chi connectivity index (χ0v) is 16.4. The molecular formula is C21H43NO2. The van der Waals surface area contributed by atoms with E-state index in [4.69, 9.17) is 0 Å². The first-order valence-corrected chi connectivity index (χ1v) is 10.4. The second-order valence-corrected chi connectivity index (χ2v) is 7.11. The van der Waals surface area contributed by atoms with Crippen molar-refractivity contribution in [1.82, 2.24) is 5.32 Å². The normalized spacial score (nSPS) is 12.3. The second kappa shape index (κ2) is 17.4. The Kier molecular flexibility index (Phi) is 17.2. The molecule has 0 fully saturated rings. The van der Waals surface area contributed by atoms with Gasteiger partial charge in [-0.3, -0.25) is 5.32 Å². The minimum Gasteiger partial charge on any atom is -0.353 e. The third-order valence-electron chi connectivity index (χ3n) is 4.69. The zero-order chi connectivity index (χ0) is 17.9. The summed E-state index contributed by atoms with van der Waals surface area (Å²) in [4.78, 5) is 0. The molecule has 3 heteroatoms. The Labute approximate surface area is 150 Å². The number of hydrogen-bond acceptors (Lipinski definition) is 3. The lowest BCUT2D eigenvalue weighted by molar-refractivity contribution is -0.186. The van der Waals surface area contributed by atoms with Crippen molar-refractivity contribution >= 4 is 0 Å². The highest BCUT2D eigenvalue weighted by Crippen LogP contribution is 2.13. The molecule has 0 aromatic rings. The van der Waals surface area contributed by atoms with Crippen molar-refractivity contribution in [2.75, 3.05) is 7.05 Å². The largest absolute Gasteiger partial charge is 0.353 e. The minimum absolute atomic E-state index is 0.410. The summed E-state index contributed by atoms with van der Waals surface area (Å²) in [5.74, 6) is -1.68. The molecule has 0 aliphatic heterocycles. The molecule has 0 saturated carbocycles. The number of allylic oxidation sites excluding steroid dienone is 2. The van der Waals surface area contributed by atoms with E-state index in [-0.39, 0.29) is 0 Å². The van der Waals surface area contributed by atoms with Gasteiger partial charge in [0, 0.05) is 6.42 Å². The molecule has 24 heavy (non-hydrogen) atoms. The van der Waals surface area contributed by atoms with Crippen LogP contribution in [0.4, 0.5) is 0 Å². The first kappa shape index (κ1) is 23.6. The van der Waals surface area contributed by atoms with E-state index in [1.54, 1.807) is 7.05 Å². The highest BCUT2D eigenvalue weighted by atomic mass is 16.5. The van der Waals surface area contributed by atoms with E-state index in [0.29, 0.717) is 6.42 Å². The topological polar surface area (TPSA) is 52.5 Å². The molecule has 0 atom stereocenters. The zero-order valence-electron chi connectivity index (χ0n) is 16.4. The Balaban J connectivity index is 3.15. The van der Waals surface area contributed by atoms with E-state index < -0.39 is 5.91 Å². The van der Waals surface area contributed by atoms with Crippen LogP contribution in [0.2, 0.25) is 0 Å². The van der Waals surface area contributed by atoms with Crippen molar-refractivity contribution < 1.29 is 10.2 Å². The standard InChI is InChI=1S/C21H43NO2/c1-3-4-5-6-7-8-9-10-11-12-13-14-15-16-17-18-19-20-21(23,24)22-2/h10-11,22-24H,3-9,12-20H2,1-2H3. The van der Waals surface area contributed by atoms with Crippen molar-refractivity contribution in [1.29, 1.82) is 0 Å². The number of nitrogens with one attached hydrogen (secondary N) is 1. The summed E-state index contributed by atoms with van der Waals surface area (Å²) < 4.78 is 0. The third-order valence-corrected chi connectivity index (χ3v) is 4.69. The molecule has 0 amide bonds. The van der Waals surface area contributed by atoms with Crippen LogP contribution in [0, 0.1) is 0 Å². The van der Waals surface area contributed by atoms with E-state index >= 15 is 0 Å². The number of rotatable bonds is 18.